The van der Waals surface area contributed by atoms with Crippen LogP contribution in [0.25, 0.3) is 11.4 Å². The van der Waals surface area contributed by atoms with Crippen LogP contribution in [-0.4, -0.2) is 60.8 Å². The van der Waals surface area contributed by atoms with E-state index in [0.29, 0.717) is 54.3 Å². The Balaban J connectivity index is 1.26. The Hall–Kier alpha value is -3.38. The van der Waals surface area contributed by atoms with E-state index in [0.717, 1.165) is 47.4 Å². The number of nitrogens with zero attached hydrogens (tertiary/aromatic N) is 5. The summed E-state index contributed by atoms with van der Waals surface area (Å²) in [6.07, 6.45) is 11.7. The van der Waals surface area contributed by atoms with Crippen molar-refractivity contribution in [1.82, 2.24) is 24.1 Å². The van der Waals surface area contributed by atoms with Crippen LogP contribution in [0.2, 0.25) is 0 Å². The molecule has 38 heavy (non-hydrogen) atoms. The van der Waals surface area contributed by atoms with Crippen LogP contribution in [0, 0.1) is 0 Å². The molecule has 0 amide bonds. The standard InChI is InChI=1S/C26H31N7O4S/c1-26(35)9-6-18(7-10-26)29-21-12-23(31-24(16-2-3-16)20(21)15-34)30-22-8-11-27-25(32-22)17-13-28-33(14-17)38(36,37)19-4-5-19/h8,11-16,18-19,35H,2-7,9-10H2,1H3,(H2,27,29,30,31,32). The first kappa shape index (κ1) is 24.9. The summed E-state index contributed by atoms with van der Waals surface area (Å²) in [4.78, 5) is 25.7. The van der Waals surface area contributed by atoms with Crippen LogP contribution in [0.3, 0.4) is 0 Å². The molecule has 3 aromatic rings. The Morgan fingerprint density at radius 1 is 1.11 bits per heavy atom. The third kappa shape index (κ3) is 5.14. The molecule has 3 aromatic heterocycles. The van der Waals surface area contributed by atoms with Gasteiger partial charge in [0.1, 0.15) is 11.6 Å². The number of hydrogen-bond acceptors (Lipinski definition) is 10. The van der Waals surface area contributed by atoms with E-state index in [2.05, 4.69) is 25.7 Å². The summed E-state index contributed by atoms with van der Waals surface area (Å²) in [5.74, 6) is 1.64. The highest BCUT2D eigenvalue weighted by molar-refractivity contribution is 7.90. The number of aliphatic hydroxyl groups is 1. The molecule has 0 radical (unpaired) electrons. The minimum Gasteiger partial charge on any atom is -0.390 e. The number of hydrogen-bond donors (Lipinski definition) is 3. The smallest absolute Gasteiger partial charge is 0.256 e. The van der Waals surface area contributed by atoms with Crippen LogP contribution in [-0.2, 0) is 10.0 Å². The summed E-state index contributed by atoms with van der Waals surface area (Å²) in [6.45, 7) is 1.87. The van der Waals surface area contributed by atoms with E-state index >= 15 is 0 Å². The Kier molecular flexibility index (Phi) is 6.18. The normalized spacial score (nSPS) is 23.7. The third-order valence-corrected chi connectivity index (χ3v) is 9.56. The molecule has 12 heteroatoms. The molecule has 0 saturated heterocycles. The van der Waals surface area contributed by atoms with E-state index in [1.165, 1.54) is 12.4 Å². The molecule has 6 rings (SSSR count). The van der Waals surface area contributed by atoms with Crippen molar-refractivity contribution in [3.8, 4) is 11.4 Å². The minimum atomic E-state index is -3.47. The fourth-order valence-electron chi connectivity index (χ4n) is 4.93. The molecule has 0 bridgehead atoms. The van der Waals surface area contributed by atoms with Crippen LogP contribution in [0.1, 0.15) is 80.3 Å². The van der Waals surface area contributed by atoms with E-state index in [1.54, 1.807) is 12.3 Å². The van der Waals surface area contributed by atoms with Crippen molar-refractivity contribution in [3.05, 3.63) is 42.0 Å². The summed E-state index contributed by atoms with van der Waals surface area (Å²) in [5.41, 5.74) is 1.95. The predicted molar refractivity (Wildman–Crippen MR) is 142 cm³/mol. The Morgan fingerprint density at radius 3 is 2.55 bits per heavy atom. The molecule has 3 aliphatic carbocycles. The summed E-state index contributed by atoms with van der Waals surface area (Å²) in [7, 11) is -3.47. The SMILES string of the molecule is CC1(O)CCC(Nc2cc(Nc3ccnc(-c4cnn(S(=O)(=O)C5CC5)c4)n3)nc(C3CC3)c2C=O)CC1. The zero-order chi connectivity index (χ0) is 26.5. The maximum atomic E-state index is 12.5. The Labute approximate surface area is 221 Å². The average Bonchev–Trinajstić information content (AvgIpc) is 3.83. The van der Waals surface area contributed by atoms with Crippen molar-refractivity contribution in [2.75, 3.05) is 10.6 Å². The van der Waals surface area contributed by atoms with E-state index in [-0.39, 0.29) is 17.2 Å². The van der Waals surface area contributed by atoms with Gasteiger partial charge < -0.3 is 15.7 Å². The maximum Gasteiger partial charge on any atom is 0.256 e. The molecular weight excluding hydrogens is 506 g/mol. The van der Waals surface area contributed by atoms with Crippen molar-refractivity contribution in [1.29, 1.82) is 0 Å². The quantitative estimate of drug-likeness (QED) is 0.345. The van der Waals surface area contributed by atoms with Crippen molar-refractivity contribution in [2.45, 2.75) is 81.1 Å². The van der Waals surface area contributed by atoms with Gasteiger partial charge in [0, 0.05) is 24.2 Å². The summed E-state index contributed by atoms with van der Waals surface area (Å²) < 4.78 is 26.0. The van der Waals surface area contributed by atoms with Gasteiger partial charge in [-0.25, -0.2) is 23.4 Å². The molecule has 3 saturated carbocycles. The maximum absolute atomic E-state index is 12.5. The molecule has 0 aliphatic heterocycles. The number of carbonyl (C=O) groups is 1. The second-order valence-corrected chi connectivity index (χ2v) is 13.0. The topological polar surface area (TPSA) is 152 Å². The van der Waals surface area contributed by atoms with Crippen LogP contribution in [0.5, 0.6) is 0 Å². The molecule has 0 aromatic carbocycles. The highest BCUT2D eigenvalue weighted by Crippen LogP contribution is 2.43. The van der Waals surface area contributed by atoms with Crippen LogP contribution >= 0.6 is 0 Å². The summed E-state index contributed by atoms with van der Waals surface area (Å²) in [6, 6.07) is 3.69. The van der Waals surface area contributed by atoms with Gasteiger partial charge in [0.15, 0.2) is 12.1 Å². The van der Waals surface area contributed by atoms with Gasteiger partial charge in [0.05, 0.1) is 45.8 Å². The van der Waals surface area contributed by atoms with Gasteiger partial charge >= 0.3 is 0 Å². The largest absolute Gasteiger partial charge is 0.390 e. The fourth-order valence-corrected chi connectivity index (χ4v) is 6.41. The first-order valence-corrected chi connectivity index (χ1v) is 14.6. The second kappa shape index (κ2) is 9.42. The van der Waals surface area contributed by atoms with Gasteiger partial charge in [-0.05, 0) is 64.4 Å². The molecule has 3 aliphatic rings. The molecule has 200 valence electrons. The first-order chi connectivity index (χ1) is 18.2. The van der Waals surface area contributed by atoms with Gasteiger partial charge in [0.2, 0.25) is 0 Å². The fraction of sp³-hybridized carbons (Fsp3) is 0.500. The predicted octanol–water partition coefficient (Wildman–Crippen LogP) is 3.61. The van der Waals surface area contributed by atoms with E-state index < -0.39 is 15.6 Å². The highest BCUT2D eigenvalue weighted by Gasteiger charge is 2.38. The second-order valence-electron chi connectivity index (χ2n) is 10.9. The molecule has 3 fully saturated rings. The molecule has 3 N–H and O–H groups in total. The zero-order valence-electron chi connectivity index (χ0n) is 21.2. The third-order valence-electron chi connectivity index (χ3n) is 7.53. The minimum absolute atomic E-state index is 0.158. The monoisotopic (exact) mass is 537 g/mol. The van der Waals surface area contributed by atoms with Gasteiger partial charge in [-0.3, -0.25) is 4.79 Å². The van der Waals surface area contributed by atoms with Crippen LogP contribution in [0.15, 0.2) is 30.7 Å². The number of aldehydes is 1. The lowest BCUT2D eigenvalue weighted by Gasteiger charge is -2.34. The zero-order valence-corrected chi connectivity index (χ0v) is 22.0. The molecule has 3 heterocycles. The molecule has 11 nitrogen and oxygen atoms in total. The first-order valence-electron chi connectivity index (χ1n) is 13.1. The molecule has 0 atom stereocenters. The molecule has 0 unspecified atom stereocenters. The van der Waals surface area contributed by atoms with Crippen LogP contribution in [0.4, 0.5) is 17.3 Å². The molecular formula is C26H31N7O4S. The highest BCUT2D eigenvalue weighted by atomic mass is 32.2. The van der Waals surface area contributed by atoms with E-state index in [4.69, 9.17) is 4.98 Å². The number of nitrogens with one attached hydrogen (secondary N) is 2. The van der Waals surface area contributed by atoms with Crippen LogP contribution < -0.4 is 10.6 Å². The van der Waals surface area contributed by atoms with Crippen molar-refractivity contribution in [2.24, 2.45) is 0 Å². The summed E-state index contributed by atoms with van der Waals surface area (Å²) >= 11 is 0. The van der Waals surface area contributed by atoms with Gasteiger partial charge in [-0.1, -0.05) is 0 Å². The summed E-state index contributed by atoms with van der Waals surface area (Å²) in [5, 5.41) is 20.8. The van der Waals surface area contributed by atoms with Crippen molar-refractivity contribution >= 4 is 33.6 Å². The average molecular weight is 538 g/mol. The van der Waals surface area contributed by atoms with Gasteiger partial charge in [-0.2, -0.15) is 9.19 Å². The Morgan fingerprint density at radius 2 is 1.87 bits per heavy atom. The number of pyridine rings is 1. The molecule has 0 spiro atoms. The van der Waals surface area contributed by atoms with Crippen molar-refractivity contribution in [3.63, 3.8) is 0 Å². The number of rotatable bonds is 9. The van der Waals surface area contributed by atoms with E-state index in [1.807, 2.05) is 13.0 Å². The van der Waals surface area contributed by atoms with E-state index in [9.17, 15) is 18.3 Å². The lowest BCUT2D eigenvalue weighted by Crippen LogP contribution is -2.36. The Bertz CT molecular complexity index is 1470. The number of carbonyl (C=O) groups excluding carboxylic acids is 1. The van der Waals surface area contributed by atoms with Crippen molar-refractivity contribution < 1.29 is 18.3 Å². The lowest BCUT2D eigenvalue weighted by atomic mass is 9.83. The number of aromatic nitrogens is 5. The van der Waals surface area contributed by atoms with Gasteiger partial charge in [0.25, 0.3) is 10.0 Å². The number of anilines is 3. The van der Waals surface area contributed by atoms with Gasteiger partial charge in [-0.15, -0.1) is 0 Å². The lowest BCUT2D eigenvalue weighted by molar-refractivity contribution is 0.0196.